The van der Waals surface area contributed by atoms with Crippen LogP contribution in [-0.2, 0) is 19.1 Å². The molecule has 0 aliphatic carbocycles. The topological polar surface area (TPSA) is 72.8 Å². The summed E-state index contributed by atoms with van der Waals surface area (Å²) in [4.78, 5) is 22.9. The second-order valence-corrected chi connectivity index (χ2v) is 4.88. The summed E-state index contributed by atoms with van der Waals surface area (Å²) in [6.07, 6.45) is 4.09. The van der Waals surface area contributed by atoms with E-state index in [-0.39, 0.29) is 12.7 Å². The Labute approximate surface area is 107 Å². The number of carbonyl (C=O) groups is 2. The molecule has 1 N–H and O–H groups in total. The lowest BCUT2D eigenvalue weighted by atomic mass is 9.84. The van der Waals surface area contributed by atoms with Gasteiger partial charge in [-0.1, -0.05) is 0 Å². The van der Waals surface area contributed by atoms with Gasteiger partial charge in [0.2, 0.25) is 0 Å². The molecule has 0 bridgehead atoms. The monoisotopic (exact) mass is 258 g/mol. The van der Waals surface area contributed by atoms with Gasteiger partial charge in [-0.3, -0.25) is 9.59 Å². The minimum Gasteiger partial charge on any atom is -0.480 e. The molecule has 0 saturated carbocycles. The average molecular weight is 258 g/mol. The van der Waals surface area contributed by atoms with Crippen LogP contribution >= 0.6 is 0 Å². The SMILES string of the molecule is CCOC(=O)C(C)(CCCC1CCCO1)C(=O)O. The normalized spacial score (nSPS) is 22.4. The van der Waals surface area contributed by atoms with E-state index in [9.17, 15) is 14.7 Å². The summed E-state index contributed by atoms with van der Waals surface area (Å²) in [5, 5.41) is 9.19. The fourth-order valence-electron chi connectivity index (χ4n) is 2.14. The van der Waals surface area contributed by atoms with Crippen molar-refractivity contribution >= 4 is 11.9 Å². The molecule has 2 atom stereocenters. The smallest absolute Gasteiger partial charge is 0.323 e. The summed E-state index contributed by atoms with van der Waals surface area (Å²) < 4.78 is 10.3. The molecule has 0 aromatic carbocycles. The summed E-state index contributed by atoms with van der Waals surface area (Å²) in [5.41, 5.74) is -1.44. The van der Waals surface area contributed by atoms with Gasteiger partial charge in [-0.25, -0.2) is 0 Å². The van der Waals surface area contributed by atoms with Crippen LogP contribution in [0, 0.1) is 5.41 Å². The number of rotatable bonds is 7. The number of aliphatic carboxylic acids is 1. The maximum Gasteiger partial charge on any atom is 0.323 e. The molecule has 0 aromatic rings. The van der Waals surface area contributed by atoms with Gasteiger partial charge in [0.15, 0.2) is 5.41 Å². The van der Waals surface area contributed by atoms with Crippen LogP contribution in [0.4, 0.5) is 0 Å². The van der Waals surface area contributed by atoms with E-state index < -0.39 is 17.4 Å². The van der Waals surface area contributed by atoms with Crippen LogP contribution in [-0.4, -0.2) is 36.4 Å². The second kappa shape index (κ2) is 6.73. The fraction of sp³-hybridized carbons (Fsp3) is 0.846. The second-order valence-electron chi connectivity index (χ2n) is 4.88. The molecule has 1 aliphatic rings. The highest BCUT2D eigenvalue weighted by atomic mass is 16.5. The van der Waals surface area contributed by atoms with Gasteiger partial charge in [-0.15, -0.1) is 0 Å². The van der Waals surface area contributed by atoms with Crippen molar-refractivity contribution in [3.63, 3.8) is 0 Å². The van der Waals surface area contributed by atoms with E-state index in [2.05, 4.69) is 0 Å². The van der Waals surface area contributed by atoms with Crippen LogP contribution in [0.1, 0.15) is 46.0 Å². The van der Waals surface area contributed by atoms with E-state index in [0.29, 0.717) is 12.8 Å². The molecule has 1 heterocycles. The first-order valence-electron chi connectivity index (χ1n) is 6.53. The number of esters is 1. The molecule has 1 fully saturated rings. The van der Waals surface area contributed by atoms with Gasteiger partial charge in [0.1, 0.15) is 0 Å². The van der Waals surface area contributed by atoms with Crippen molar-refractivity contribution < 1.29 is 24.2 Å². The van der Waals surface area contributed by atoms with Gasteiger partial charge in [-0.05, 0) is 46.0 Å². The third kappa shape index (κ3) is 3.70. The minimum atomic E-state index is -1.44. The van der Waals surface area contributed by atoms with Gasteiger partial charge in [0, 0.05) is 6.61 Å². The molecule has 0 amide bonds. The molecular weight excluding hydrogens is 236 g/mol. The Balaban J connectivity index is 2.46. The summed E-state index contributed by atoms with van der Waals surface area (Å²) in [6.45, 7) is 4.10. The zero-order valence-corrected chi connectivity index (χ0v) is 11.1. The lowest BCUT2D eigenvalue weighted by Gasteiger charge is -2.22. The quantitative estimate of drug-likeness (QED) is 0.558. The highest BCUT2D eigenvalue weighted by molar-refractivity contribution is 5.98. The molecule has 0 spiro atoms. The Morgan fingerprint density at radius 1 is 1.50 bits per heavy atom. The summed E-state index contributed by atoms with van der Waals surface area (Å²) in [7, 11) is 0. The molecule has 0 aromatic heterocycles. The molecule has 1 rings (SSSR count). The van der Waals surface area contributed by atoms with Crippen molar-refractivity contribution in [2.45, 2.75) is 52.1 Å². The Morgan fingerprint density at radius 3 is 2.72 bits per heavy atom. The van der Waals surface area contributed by atoms with E-state index in [4.69, 9.17) is 9.47 Å². The number of hydrogen-bond acceptors (Lipinski definition) is 4. The number of carboxylic acids is 1. The molecule has 104 valence electrons. The standard InChI is InChI=1S/C13H22O5/c1-3-17-12(16)13(2,11(14)15)8-4-6-10-7-5-9-18-10/h10H,3-9H2,1-2H3,(H,14,15). The van der Waals surface area contributed by atoms with E-state index in [1.165, 1.54) is 6.92 Å². The Bertz CT molecular complexity index is 296. The van der Waals surface area contributed by atoms with Crippen LogP contribution < -0.4 is 0 Å². The van der Waals surface area contributed by atoms with Crippen molar-refractivity contribution in [2.24, 2.45) is 5.41 Å². The van der Waals surface area contributed by atoms with E-state index >= 15 is 0 Å². The average Bonchev–Trinajstić information content (AvgIpc) is 2.81. The minimum absolute atomic E-state index is 0.202. The largest absolute Gasteiger partial charge is 0.480 e. The number of carboxylic acid groups (broad SMARTS) is 1. The number of carbonyl (C=O) groups excluding carboxylic acids is 1. The van der Waals surface area contributed by atoms with E-state index in [1.807, 2.05) is 0 Å². The van der Waals surface area contributed by atoms with Crippen molar-refractivity contribution in [1.29, 1.82) is 0 Å². The van der Waals surface area contributed by atoms with Crippen molar-refractivity contribution in [1.82, 2.24) is 0 Å². The van der Waals surface area contributed by atoms with Crippen LogP contribution in [0.2, 0.25) is 0 Å². The van der Waals surface area contributed by atoms with Crippen LogP contribution in [0.15, 0.2) is 0 Å². The lowest BCUT2D eigenvalue weighted by Crippen LogP contribution is -2.38. The number of hydrogen-bond donors (Lipinski definition) is 1. The Morgan fingerprint density at radius 2 is 2.22 bits per heavy atom. The first-order valence-corrected chi connectivity index (χ1v) is 6.53. The predicted octanol–water partition coefficient (Wildman–Crippen LogP) is 1.99. The highest BCUT2D eigenvalue weighted by Gasteiger charge is 2.42. The van der Waals surface area contributed by atoms with Gasteiger partial charge in [0.25, 0.3) is 0 Å². The van der Waals surface area contributed by atoms with Crippen LogP contribution in [0.3, 0.4) is 0 Å². The van der Waals surface area contributed by atoms with Gasteiger partial charge < -0.3 is 14.6 Å². The Kier molecular flexibility index (Phi) is 5.59. The molecule has 1 saturated heterocycles. The third-order valence-corrected chi connectivity index (χ3v) is 3.42. The van der Waals surface area contributed by atoms with E-state index in [1.54, 1.807) is 6.92 Å². The van der Waals surface area contributed by atoms with Crippen molar-refractivity contribution in [2.75, 3.05) is 13.2 Å². The molecular formula is C13H22O5. The van der Waals surface area contributed by atoms with Crippen molar-refractivity contribution in [3.05, 3.63) is 0 Å². The van der Waals surface area contributed by atoms with Gasteiger partial charge in [0.05, 0.1) is 12.7 Å². The van der Waals surface area contributed by atoms with Crippen LogP contribution in [0.5, 0.6) is 0 Å². The zero-order chi connectivity index (χ0) is 13.6. The molecule has 18 heavy (non-hydrogen) atoms. The molecule has 5 nitrogen and oxygen atoms in total. The highest BCUT2D eigenvalue weighted by Crippen LogP contribution is 2.28. The molecule has 0 radical (unpaired) electrons. The third-order valence-electron chi connectivity index (χ3n) is 3.42. The first kappa shape index (κ1) is 15.0. The van der Waals surface area contributed by atoms with E-state index in [0.717, 1.165) is 25.9 Å². The van der Waals surface area contributed by atoms with Crippen LogP contribution in [0.25, 0.3) is 0 Å². The molecule has 1 aliphatic heterocycles. The molecule has 2 unspecified atom stereocenters. The fourth-order valence-corrected chi connectivity index (χ4v) is 2.14. The zero-order valence-electron chi connectivity index (χ0n) is 11.1. The first-order chi connectivity index (χ1) is 8.50. The molecule has 5 heteroatoms. The summed E-state index contributed by atoms with van der Waals surface area (Å²) in [6, 6.07) is 0. The Hall–Kier alpha value is -1.10. The maximum absolute atomic E-state index is 11.7. The number of ether oxygens (including phenoxy) is 2. The van der Waals surface area contributed by atoms with Gasteiger partial charge >= 0.3 is 11.9 Å². The van der Waals surface area contributed by atoms with Gasteiger partial charge in [-0.2, -0.15) is 0 Å². The summed E-state index contributed by atoms with van der Waals surface area (Å²) >= 11 is 0. The summed E-state index contributed by atoms with van der Waals surface area (Å²) in [5.74, 6) is -1.77. The maximum atomic E-state index is 11.7. The lowest BCUT2D eigenvalue weighted by molar-refractivity contribution is -0.167. The predicted molar refractivity (Wildman–Crippen MR) is 65.2 cm³/mol. The van der Waals surface area contributed by atoms with Crippen molar-refractivity contribution in [3.8, 4) is 0 Å².